The third-order valence-electron chi connectivity index (χ3n) is 4.79. The maximum absolute atomic E-state index is 11.8. The normalized spacial score (nSPS) is 20.4. The lowest BCUT2D eigenvalue weighted by atomic mass is 10.1. The number of nitrogens with zero attached hydrogens (tertiary/aromatic N) is 4. The minimum Gasteiger partial charge on any atom is -0.353 e. The lowest BCUT2D eigenvalue weighted by molar-refractivity contribution is 0.597. The molecule has 146 valence electrons. The van der Waals surface area contributed by atoms with Gasteiger partial charge >= 0.3 is 0 Å². The van der Waals surface area contributed by atoms with Crippen LogP contribution in [0.15, 0.2) is 35.3 Å². The Morgan fingerprint density at radius 2 is 2.07 bits per heavy atom. The molecule has 2 heterocycles. The van der Waals surface area contributed by atoms with Gasteiger partial charge in [0, 0.05) is 13.1 Å². The molecule has 1 aromatic heterocycles. The van der Waals surface area contributed by atoms with Crippen LogP contribution < -0.4 is 10.6 Å². The number of benzene rings is 1. The van der Waals surface area contributed by atoms with Crippen LogP contribution in [0.1, 0.15) is 36.6 Å². The topological polar surface area (TPSA) is 101 Å². The van der Waals surface area contributed by atoms with E-state index in [0.717, 1.165) is 17.2 Å². The maximum Gasteiger partial charge on any atom is 0.192 e. The first kappa shape index (κ1) is 19.3. The van der Waals surface area contributed by atoms with Gasteiger partial charge < -0.3 is 15.2 Å². The summed E-state index contributed by atoms with van der Waals surface area (Å²) in [6.45, 7) is 4.29. The number of aryl methyl sites for hydroxylation is 1. The molecule has 27 heavy (non-hydrogen) atoms. The molecule has 2 unspecified atom stereocenters. The van der Waals surface area contributed by atoms with E-state index in [1.54, 1.807) is 0 Å². The first-order valence-corrected chi connectivity index (χ1v) is 10.8. The molecule has 1 fully saturated rings. The zero-order valence-corrected chi connectivity index (χ0v) is 16.7. The molecular weight excluding hydrogens is 364 g/mol. The van der Waals surface area contributed by atoms with Crippen molar-refractivity contribution >= 4 is 15.8 Å². The zero-order valence-electron chi connectivity index (χ0n) is 15.9. The summed E-state index contributed by atoms with van der Waals surface area (Å²) in [4.78, 5) is 4.62. The summed E-state index contributed by atoms with van der Waals surface area (Å²) in [5.74, 6) is 2.50. The predicted molar refractivity (Wildman–Crippen MR) is 105 cm³/mol. The molecule has 1 aromatic carbocycles. The summed E-state index contributed by atoms with van der Waals surface area (Å²) in [5, 5.41) is 14.8. The Bertz CT molecular complexity index is 907. The molecule has 3 rings (SSSR count). The third kappa shape index (κ3) is 5.06. The van der Waals surface area contributed by atoms with Gasteiger partial charge in [0.05, 0.1) is 17.5 Å². The van der Waals surface area contributed by atoms with Gasteiger partial charge in [0.2, 0.25) is 0 Å². The average Bonchev–Trinajstić information content (AvgIpc) is 3.15. The van der Waals surface area contributed by atoms with Gasteiger partial charge in [-0.05, 0) is 25.8 Å². The van der Waals surface area contributed by atoms with E-state index in [-0.39, 0.29) is 23.6 Å². The highest BCUT2D eigenvalue weighted by Crippen LogP contribution is 2.14. The molecule has 1 saturated heterocycles. The van der Waals surface area contributed by atoms with Crippen LogP contribution in [0.5, 0.6) is 0 Å². The Balaban J connectivity index is 1.75. The van der Waals surface area contributed by atoms with Crippen molar-refractivity contribution in [2.75, 3.05) is 11.5 Å². The number of aliphatic imine (C=N–C) groups is 1. The van der Waals surface area contributed by atoms with Gasteiger partial charge in [-0.2, -0.15) is 0 Å². The van der Waals surface area contributed by atoms with Gasteiger partial charge in [-0.15, -0.1) is 10.2 Å². The predicted octanol–water partition coefficient (Wildman–Crippen LogP) is 1.11. The minimum atomic E-state index is -2.96. The Hall–Kier alpha value is -2.42. The van der Waals surface area contributed by atoms with Gasteiger partial charge in [-0.1, -0.05) is 30.3 Å². The van der Waals surface area contributed by atoms with E-state index in [0.29, 0.717) is 18.9 Å². The molecule has 8 nitrogen and oxygen atoms in total. The van der Waals surface area contributed by atoms with Crippen LogP contribution in [-0.2, 0) is 23.4 Å². The standard InChI is InChI=1S/C18H26N6O2S/c1-13(15-7-5-4-6-8-15)20-18(21-16-9-10-27(25,26)12-16)19-11-17-23-22-14(2)24(17)3/h4-8,13,16H,9-12H2,1-3H3,(H2,19,20,21). The number of nitrogens with one attached hydrogen (secondary N) is 2. The van der Waals surface area contributed by atoms with Crippen LogP contribution in [0.3, 0.4) is 0 Å². The van der Waals surface area contributed by atoms with Crippen LogP contribution in [-0.4, -0.2) is 46.7 Å². The molecule has 0 spiro atoms. The summed E-state index contributed by atoms with van der Waals surface area (Å²) in [6.07, 6.45) is 0.589. The minimum absolute atomic E-state index is 0.0247. The molecule has 1 aliphatic rings. The molecule has 2 N–H and O–H groups in total. The number of hydrogen-bond donors (Lipinski definition) is 2. The fourth-order valence-corrected chi connectivity index (χ4v) is 4.68. The Kier molecular flexibility index (Phi) is 5.79. The molecule has 9 heteroatoms. The summed E-state index contributed by atoms with van der Waals surface area (Å²) in [7, 11) is -1.06. The van der Waals surface area contributed by atoms with Crippen molar-refractivity contribution < 1.29 is 8.42 Å². The monoisotopic (exact) mass is 390 g/mol. The van der Waals surface area contributed by atoms with Crippen molar-refractivity contribution in [3.63, 3.8) is 0 Å². The smallest absolute Gasteiger partial charge is 0.192 e. The average molecular weight is 391 g/mol. The number of guanidine groups is 1. The molecule has 0 saturated carbocycles. The SMILES string of the molecule is Cc1nnc(CN=C(NC2CCS(=O)(=O)C2)NC(C)c2ccccc2)n1C. The van der Waals surface area contributed by atoms with Gasteiger partial charge in [0.15, 0.2) is 21.6 Å². The molecule has 0 bridgehead atoms. The van der Waals surface area contributed by atoms with Crippen molar-refractivity contribution in [3.05, 3.63) is 47.5 Å². The molecule has 0 amide bonds. The van der Waals surface area contributed by atoms with E-state index >= 15 is 0 Å². The number of hydrogen-bond acceptors (Lipinski definition) is 5. The van der Waals surface area contributed by atoms with Gasteiger partial charge in [-0.3, -0.25) is 0 Å². The first-order chi connectivity index (χ1) is 12.8. The van der Waals surface area contributed by atoms with E-state index in [1.807, 2.05) is 55.8 Å². The van der Waals surface area contributed by atoms with Crippen molar-refractivity contribution in [2.24, 2.45) is 12.0 Å². The molecule has 0 radical (unpaired) electrons. The second kappa shape index (κ2) is 8.08. The van der Waals surface area contributed by atoms with E-state index < -0.39 is 9.84 Å². The lowest BCUT2D eigenvalue weighted by Gasteiger charge is -2.21. The Morgan fingerprint density at radius 1 is 1.33 bits per heavy atom. The number of rotatable bonds is 5. The second-order valence-corrected chi connectivity index (χ2v) is 9.14. The van der Waals surface area contributed by atoms with E-state index in [9.17, 15) is 8.42 Å². The maximum atomic E-state index is 11.8. The third-order valence-corrected chi connectivity index (χ3v) is 6.56. The summed E-state index contributed by atoms with van der Waals surface area (Å²) in [6, 6.07) is 9.93. The van der Waals surface area contributed by atoms with Crippen LogP contribution >= 0.6 is 0 Å². The van der Waals surface area contributed by atoms with Gasteiger partial charge in [0.25, 0.3) is 0 Å². The van der Waals surface area contributed by atoms with Crippen LogP contribution in [0.2, 0.25) is 0 Å². The van der Waals surface area contributed by atoms with Crippen LogP contribution in [0.25, 0.3) is 0 Å². The number of aromatic nitrogens is 3. The lowest BCUT2D eigenvalue weighted by Crippen LogP contribution is -2.45. The van der Waals surface area contributed by atoms with Crippen molar-refractivity contribution in [3.8, 4) is 0 Å². The van der Waals surface area contributed by atoms with E-state index in [4.69, 9.17) is 0 Å². The fraction of sp³-hybridized carbons (Fsp3) is 0.500. The van der Waals surface area contributed by atoms with E-state index in [2.05, 4.69) is 25.8 Å². The van der Waals surface area contributed by atoms with Crippen LogP contribution in [0, 0.1) is 6.92 Å². The Labute approximate surface area is 160 Å². The Morgan fingerprint density at radius 3 is 2.67 bits per heavy atom. The second-order valence-electron chi connectivity index (χ2n) is 6.91. The molecular formula is C18H26N6O2S. The highest BCUT2D eigenvalue weighted by atomic mass is 32.2. The molecule has 2 aromatic rings. The number of sulfone groups is 1. The van der Waals surface area contributed by atoms with Crippen molar-refractivity contribution in [1.82, 2.24) is 25.4 Å². The molecule has 0 aliphatic carbocycles. The largest absolute Gasteiger partial charge is 0.353 e. The summed E-state index contributed by atoms with van der Waals surface area (Å²) < 4.78 is 25.4. The fourth-order valence-electron chi connectivity index (χ4n) is 3.00. The van der Waals surface area contributed by atoms with Gasteiger partial charge in [-0.25, -0.2) is 13.4 Å². The van der Waals surface area contributed by atoms with E-state index in [1.165, 1.54) is 0 Å². The highest BCUT2D eigenvalue weighted by molar-refractivity contribution is 7.91. The summed E-state index contributed by atoms with van der Waals surface area (Å²) >= 11 is 0. The van der Waals surface area contributed by atoms with Crippen molar-refractivity contribution in [2.45, 2.75) is 38.9 Å². The highest BCUT2D eigenvalue weighted by Gasteiger charge is 2.28. The molecule has 1 aliphatic heterocycles. The van der Waals surface area contributed by atoms with Gasteiger partial charge in [0.1, 0.15) is 12.4 Å². The quantitative estimate of drug-likeness (QED) is 0.586. The zero-order chi connectivity index (χ0) is 19.4. The van der Waals surface area contributed by atoms with Crippen LogP contribution in [0.4, 0.5) is 0 Å². The molecule has 2 atom stereocenters. The summed E-state index contributed by atoms with van der Waals surface area (Å²) in [5.41, 5.74) is 1.13. The first-order valence-electron chi connectivity index (χ1n) is 9.02. The van der Waals surface area contributed by atoms with Crippen molar-refractivity contribution in [1.29, 1.82) is 0 Å².